The summed E-state index contributed by atoms with van der Waals surface area (Å²) in [6, 6.07) is 0. The van der Waals surface area contributed by atoms with Gasteiger partial charge >= 0.3 is 0 Å². The van der Waals surface area contributed by atoms with Crippen LogP contribution in [0.1, 0.15) is 46.5 Å². The van der Waals surface area contributed by atoms with Gasteiger partial charge in [0.2, 0.25) is 5.91 Å². The average molecular weight is 326 g/mol. The standard InChI is InChI=1S/C17H34N4O2/c1-7-18-15(19-12-16(2,3)23-6)20-13-17(10-8-9-11-17)14(22)21(4)5/h7-13H2,1-6H3,(H2,18,19,20). The van der Waals surface area contributed by atoms with E-state index in [0.717, 1.165) is 38.2 Å². The summed E-state index contributed by atoms with van der Waals surface area (Å²) in [5.41, 5.74) is -0.594. The van der Waals surface area contributed by atoms with Crippen LogP contribution in [-0.2, 0) is 9.53 Å². The zero-order valence-electron chi connectivity index (χ0n) is 15.7. The Labute approximate surface area is 141 Å². The lowest BCUT2D eigenvalue weighted by atomic mass is 9.84. The van der Waals surface area contributed by atoms with Gasteiger partial charge in [0.1, 0.15) is 0 Å². The molecule has 1 aliphatic carbocycles. The zero-order valence-corrected chi connectivity index (χ0v) is 15.7. The van der Waals surface area contributed by atoms with Gasteiger partial charge < -0.3 is 20.3 Å². The van der Waals surface area contributed by atoms with Gasteiger partial charge in [-0.3, -0.25) is 9.79 Å². The Hall–Kier alpha value is -1.30. The third-order valence-electron chi connectivity index (χ3n) is 4.53. The summed E-state index contributed by atoms with van der Waals surface area (Å²) in [6.07, 6.45) is 4.12. The monoisotopic (exact) mass is 326 g/mol. The van der Waals surface area contributed by atoms with E-state index in [-0.39, 0.29) is 16.9 Å². The molecular formula is C17H34N4O2. The fraction of sp³-hybridized carbons (Fsp3) is 0.882. The van der Waals surface area contributed by atoms with Crippen LogP contribution in [0.15, 0.2) is 4.99 Å². The van der Waals surface area contributed by atoms with Crippen LogP contribution in [0.2, 0.25) is 0 Å². The first-order chi connectivity index (χ1) is 10.8. The molecule has 2 N–H and O–H groups in total. The molecule has 0 aromatic carbocycles. The van der Waals surface area contributed by atoms with Crippen LogP contribution >= 0.6 is 0 Å². The minimum absolute atomic E-state index is 0.218. The molecule has 6 nitrogen and oxygen atoms in total. The Morgan fingerprint density at radius 1 is 1.26 bits per heavy atom. The van der Waals surface area contributed by atoms with Crippen LogP contribution in [0.3, 0.4) is 0 Å². The molecule has 0 spiro atoms. The summed E-state index contributed by atoms with van der Waals surface area (Å²) < 4.78 is 5.41. The van der Waals surface area contributed by atoms with E-state index < -0.39 is 0 Å². The van der Waals surface area contributed by atoms with E-state index >= 15 is 0 Å². The number of nitrogens with zero attached hydrogens (tertiary/aromatic N) is 2. The summed E-state index contributed by atoms with van der Waals surface area (Å²) >= 11 is 0. The summed E-state index contributed by atoms with van der Waals surface area (Å²) in [4.78, 5) is 18.9. The average Bonchev–Trinajstić information content (AvgIpc) is 2.99. The second-order valence-electron chi connectivity index (χ2n) is 7.20. The first-order valence-electron chi connectivity index (χ1n) is 8.55. The first kappa shape index (κ1) is 19.7. The fourth-order valence-corrected chi connectivity index (χ4v) is 2.92. The van der Waals surface area contributed by atoms with Crippen LogP contribution in [0.5, 0.6) is 0 Å². The van der Waals surface area contributed by atoms with Crippen molar-refractivity contribution in [3.8, 4) is 0 Å². The van der Waals surface area contributed by atoms with Gasteiger partial charge in [0.05, 0.1) is 17.6 Å². The first-order valence-corrected chi connectivity index (χ1v) is 8.55. The number of ether oxygens (including phenoxy) is 1. The molecule has 0 aliphatic heterocycles. The van der Waals surface area contributed by atoms with Crippen molar-refractivity contribution in [3.05, 3.63) is 0 Å². The second-order valence-corrected chi connectivity index (χ2v) is 7.20. The van der Waals surface area contributed by atoms with Gasteiger partial charge in [-0.2, -0.15) is 0 Å². The van der Waals surface area contributed by atoms with Crippen molar-refractivity contribution in [2.45, 2.75) is 52.1 Å². The Morgan fingerprint density at radius 2 is 1.87 bits per heavy atom. The molecule has 0 heterocycles. The highest BCUT2D eigenvalue weighted by Gasteiger charge is 2.42. The van der Waals surface area contributed by atoms with Crippen molar-refractivity contribution in [1.82, 2.24) is 15.5 Å². The topological polar surface area (TPSA) is 66.0 Å². The highest BCUT2D eigenvalue weighted by Crippen LogP contribution is 2.38. The summed E-state index contributed by atoms with van der Waals surface area (Å²) in [5.74, 6) is 0.964. The molecule has 0 aromatic rings. The third-order valence-corrected chi connectivity index (χ3v) is 4.53. The number of nitrogens with one attached hydrogen (secondary N) is 2. The number of amides is 1. The predicted molar refractivity (Wildman–Crippen MR) is 94.7 cm³/mol. The zero-order chi connectivity index (χ0) is 17.5. The second kappa shape index (κ2) is 8.52. The minimum atomic E-state index is -0.299. The van der Waals surface area contributed by atoms with Crippen LogP contribution < -0.4 is 10.6 Å². The van der Waals surface area contributed by atoms with E-state index in [0.29, 0.717) is 13.1 Å². The smallest absolute Gasteiger partial charge is 0.230 e. The molecule has 23 heavy (non-hydrogen) atoms. The lowest BCUT2D eigenvalue weighted by Crippen LogP contribution is -2.49. The number of carbonyl (C=O) groups is 1. The van der Waals surface area contributed by atoms with Gasteiger partial charge in [-0.25, -0.2) is 0 Å². The Morgan fingerprint density at radius 3 is 2.35 bits per heavy atom. The quantitative estimate of drug-likeness (QED) is 0.551. The van der Waals surface area contributed by atoms with E-state index in [4.69, 9.17) is 4.74 Å². The summed E-state index contributed by atoms with van der Waals surface area (Å²) in [7, 11) is 5.37. The van der Waals surface area contributed by atoms with E-state index in [9.17, 15) is 4.79 Å². The molecule has 6 heteroatoms. The van der Waals surface area contributed by atoms with Crippen molar-refractivity contribution in [1.29, 1.82) is 0 Å². The van der Waals surface area contributed by atoms with Gasteiger partial charge in [-0.15, -0.1) is 0 Å². The Bertz CT molecular complexity index is 413. The SMILES string of the molecule is CCNC(=NCC(C)(C)OC)NCC1(C(=O)N(C)C)CCCC1. The van der Waals surface area contributed by atoms with E-state index in [1.54, 1.807) is 12.0 Å². The summed E-state index contributed by atoms with van der Waals surface area (Å²) in [6.45, 7) is 8.03. The molecule has 0 aromatic heterocycles. The molecule has 1 fully saturated rings. The van der Waals surface area contributed by atoms with Crippen molar-refractivity contribution in [3.63, 3.8) is 0 Å². The predicted octanol–water partition coefficient (Wildman–Crippen LogP) is 1.62. The molecule has 0 radical (unpaired) electrons. The molecule has 1 rings (SSSR count). The lowest BCUT2D eigenvalue weighted by molar-refractivity contribution is -0.138. The van der Waals surface area contributed by atoms with E-state index in [1.807, 2.05) is 34.9 Å². The van der Waals surface area contributed by atoms with Gasteiger partial charge in [0.15, 0.2) is 5.96 Å². The minimum Gasteiger partial charge on any atom is -0.377 e. The number of guanidine groups is 1. The number of hydrogen-bond acceptors (Lipinski definition) is 3. The van der Waals surface area contributed by atoms with Crippen LogP contribution in [0, 0.1) is 5.41 Å². The van der Waals surface area contributed by atoms with Gasteiger partial charge in [-0.1, -0.05) is 12.8 Å². The number of hydrogen-bond donors (Lipinski definition) is 2. The molecular weight excluding hydrogens is 292 g/mol. The molecule has 134 valence electrons. The van der Waals surface area contributed by atoms with Crippen molar-refractivity contribution in [2.75, 3.05) is 40.8 Å². The van der Waals surface area contributed by atoms with Crippen molar-refractivity contribution < 1.29 is 9.53 Å². The van der Waals surface area contributed by atoms with Gasteiger partial charge in [-0.05, 0) is 33.6 Å². The largest absolute Gasteiger partial charge is 0.377 e. The van der Waals surface area contributed by atoms with Crippen LogP contribution in [0.4, 0.5) is 0 Å². The number of aliphatic imine (C=N–C) groups is 1. The molecule has 1 aliphatic rings. The van der Waals surface area contributed by atoms with Crippen LogP contribution in [-0.4, -0.2) is 63.2 Å². The van der Waals surface area contributed by atoms with Crippen molar-refractivity contribution >= 4 is 11.9 Å². The Balaban J connectivity index is 2.75. The van der Waals surface area contributed by atoms with Gasteiger partial charge in [0.25, 0.3) is 0 Å². The van der Waals surface area contributed by atoms with Gasteiger partial charge in [0, 0.05) is 34.3 Å². The molecule has 0 atom stereocenters. The lowest BCUT2D eigenvalue weighted by Gasteiger charge is -2.31. The van der Waals surface area contributed by atoms with E-state index in [2.05, 4.69) is 15.6 Å². The van der Waals surface area contributed by atoms with Crippen molar-refractivity contribution in [2.24, 2.45) is 10.4 Å². The van der Waals surface area contributed by atoms with E-state index in [1.165, 1.54) is 0 Å². The highest BCUT2D eigenvalue weighted by molar-refractivity contribution is 5.85. The maximum atomic E-state index is 12.6. The molecule has 1 saturated carbocycles. The van der Waals surface area contributed by atoms with Crippen LogP contribution in [0.25, 0.3) is 0 Å². The number of rotatable bonds is 7. The maximum Gasteiger partial charge on any atom is 0.230 e. The summed E-state index contributed by atoms with van der Waals surface area (Å²) in [5, 5.41) is 6.62. The molecule has 1 amide bonds. The molecule has 0 bridgehead atoms. The Kier molecular flexibility index (Phi) is 7.32. The fourth-order valence-electron chi connectivity index (χ4n) is 2.92. The maximum absolute atomic E-state index is 12.6. The molecule has 0 saturated heterocycles. The third kappa shape index (κ3) is 5.68. The number of methoxy groups -OCH3 is 1. The highest BCUT2D eigenvalue weighted by atomic mass is 16.5. The normalized spacial score (nSPS) is 17.9. The number of carbonyl (C=O) groups excluding carboxylic acids is 1. The molecule has 0 unspecified atom stereocenters.